The number of nitrogens with one attached hydrogen (secondary N) is 1. The maximum atomic E-state index is 14.5. The van der Waals surface area contributed by atoms with Gasteiger partial charge in [-0.2, -0.15) is 0 Å². The lowest BCUT2D eigenvalue weighted by Crippen LogP contribution is -2.46. The van der Waals surface area contributed by atoms with Gasteiger partial charge in [-0.05, 0) is 72.5 Å². The molecule has 3 aromatic carbocycles. The van der Waals surface area contributed by atoms with E-state index in [0.29, 0.717) is 18.4 Å². The van der Waals surface area contributed by atoms with E-state index < -0.39 is 21.8 Å². The Morgan fingerprint density at radius 1 is 1.00 bits per heavy atom. The molecule has 0 bridgehead atoms. The van der Waals surface area contributed by atoms with Gasteiger partial charge in [0.2, 0.25) is 10.0 Å². The van der Waals surface area contributed by atoms with Crippen molar-refractivity contribution in [2.24, 2.45) is 0 Å². The number of hydrogen-bond donors (Lipinski definition) is 1. The fraction of sp³-hybridized carbons (Fsp3) is 0.367. The summed E-state index contributed by atoms with van der Waals surface area (Å²) in [6.45, 7) is 7.37. The zero-order valence-electron chi connectivity index (χ0n) is 22.9. The van der Waals surface area contributed by atoms with Crippen molar-refractivity contribution in [3.05, 3.63) is 83.2 Å². The SMILES string of the molecule is COc1ccc(N2CCN(c3cc(C)ccc3CCC(=O)C(C)c3ccc(NS(C)(=O)=O)c(F)c3)CC2)cc1. The fourth-order valence-corrected chi connectivity index (χ4v) is 5.49. The fourth-order valence-electron chi connectivity index (χ4n) is 4.92. The van der Waals surface area contributed by atoms with Crippen molar-refractivity contribution in [2.45, 2.75) is 32.6 Å². The van der Waals surface area contributed by atoms with Crippen molar-refractivity contribution in [3.8, 4) is 5.75 Å². The van der Waals surface area contributed by atoms with Gasteiger partial charge >= 0.3 is 0 Å². The number of sulfonamides is 1. The summed E-state index contributed by atoms with van der Waals surface area (Å²) in [6, 6.07) is 18.7. The van der Waals surface area contributed by atoms with E-state index in [1.165, 1.54) is 23.4 Å². The molecule has 0 aromatic heterocycles. The largest absolute Gasteiger partial charge is 0.497 e. The van der Waals surface area contributed by atoms with Crippen LogP contribution >= 0.6 is 0 Å². The Bertz CT molecular complexity index is 1420. The van der Waals surface area contributed by atoms with Crippen LogP contribution in [0.4, 0.5) is 21.5 Å². The number of carbonyl (C=O) groups excluding carboxylic acids is 1. The number of benzene rings is 3. The number of nitrogens with zero attached hydrogens (tertiary/aromatic N) is 2. The van der Waals surface area contributed by atoms with Crippen molar-refractivity contribution >= 4 is 32.9 Å². The number of rotatable bonds is 10. The second-order valence-corrected chi connectivity index (χ2v) is 11.9. The normalized spacial score (nSPS) is 14.7. The quantitative estimate of drug-likeness (QED) is 0.374. The van der Waals surface area contributed by atoms with Crippen LogP contribution in [0.3, 0.4) is 0 Å². The highest BCUT2D eigenvalue weighted by molar-refractivity contribution is 7.92. The molecule has 1 aliphatic rings. The van der Waals surface area contributed by atoms with Crippen LogP contribution in [-0.2, 0) is 21.2 Å². The maximum absolute atomic E-state index is 14.5. The number of anilines is 3. The predicted octanol–water partition coefficient (Wildman–Crippen LogP) is 5.15. The summed E-state index contributed by atoms with van der Waals surface area (Å²) >= 11 is 0. The molecule has 0 spiro atoms. The maximum Gasteiger partial charge on any atom is 0.229 e. The lowest BCUT2D eigenvalue weighted by molar-refractivity contribution is -0.120. The van der Waals surface area contributed by atoms with Crippen LogP contribution in [0.2, 0.25) is 0 Å². The number of halogens is 1. The molecule has 1 heterocycles. The third-order valence-electron chi connectivity index (χ3n) is 7.21. The summed E-state index contributed by atoms with van der Waals surface area (Å²) in [5.41, 5.74) is 5.03. The van der Waals surface area contributed by atoms with Crippen molar-refractivity contribution in [3.63, 3.8) is 0 Å². The van der Waals surface area contributed by atoms with Gasteiger partial charge in [0, 0.05) is 49.9 Å². The Labute approximate surface area is 230 Å². The van der Waals surface area contributed by atoms with Crippen molar-refractivity contribution in [1.82, 2.24) is 0 Å². The molecule has 7 nitrogen and oxygen atoms in total. The second-order valence-electron chi connectivity index (χ2n) is 10.1. The third kappa shape index (κ3) is 7.29. The van der Waals surface area contributed by atoms with E-state index in [0.717, 1.165) is 49.4 Å². The van der Waals surface area contributed by atoms with E-state index in [1.807, 2.05) is 12.1 Å². The summed E-state index contributed by atoms with van der Waals surface area (Å²) in [5.74, 6) is -0.355. The average molecular weight is 554 g/mol. The molecule has 1 N–H and O–H groups in total. The average Bonchev–Trinajstić information content (AvgIpc) is 2.92. The minimum atomic E-state index is -3.59. The van der Waals surface area contributed by atoms with E-state index in [9.17, 15) is 17.6 Å². The molecule has 0 aliphatic carbocycles. The molecule has 1 atom stereocenters. The predicted molar refractivity (Wildman–Crippen MR) is 155 cm³/mol. The molecule has 0 saturated carbocycles. The third-order valence-corrected chi connectivity index (χ3v) is 7.80. The van der Waals surface area contributed by atoms with Crippen LogP contribution in [0.1, 0.15) is 36.0 Å². The number of piperazine rings is 1. The standard InChI is InChI=1S/C30H36FN3O4S/c1-21-5-6-23(8-14-30(35)22(2)24-7-13-28(27(31)20-24)32-39(4,36)37)29(19-21)34-17-15-33(16-18-34)25-9-11-26(38-3)12-10-25/h5-7,9-13,19-20,22,32H,8,14-18H2,1-4H3. The smallest absolute Gasteiger partial charge is 0.229 e. The van der Waals surface area contributed by atoms with Crippen molar-refractivity contribution < 1.29 is 22.3 Å². The minimum absolute atomic E-state index is 0.00840. The van der Waals surface area contributed by atoms with Crippen molar-refractivity contribution in [1.29, 1.82) is 0 Å². The molecular formula is C30H36FN3O4S. The molecular weight excluding hydrogens is 517 g/mol. The molecule has 0 amide bonds. The van der Waals surface area contributed by atoms with Gasteiger partial charge in [-0.1, -0.05) is 25.1 Å². The summed E-state index contributed by atoms with van der Waals surface area (Å²) in [5, 5.41) is 0. The van der Waals surface area contributed by atoms with Gasteiger partial charge in [0.05, 0.1) is 19.1 Å². The van der Waals surface area contributed by atoms with Crippen LogP contribution in [0.25, 0.3) is 0 Å². The number of aryl methyl sites for hydroxylation is 2. The first-order chi connectivity index (χ1) is 18.5. The molecule has 0 radical (unpaired) electrons. The number of ketones is 1. The molecule has 1 aliphatic heterocycles. The first kappa shape index (κ1) is 28.4. The summed E-state index contributed by atoms with van der Waals surface area (Å²) in [7, 11) is -1.93. The van der Waals surface area contributed by atoms with E-state index in [4.69, 9.17) is 4.74 Å². The number of Topliss-reactive ketones (excluding diaryl/α,β-unsaturated/α-hetero) is 1. The van der Waals surface area contributed by atoms with Gasteiger partial charge < -0.3 is 14.5 Å². The molecule has 39 heavy (non-hydrogen) atoms. The van der Waals surface area contributed by atoms with Crippen LogP contribution in [-0.4, -0.2) is 53.7 Å². The monoisotopic (exact) mass is 553 g/mol. The van der Waals surface area contributed by atoms with Crippen molar-refractivity contribution in [2.75, 3.05) is 54.1 Å². The molecule has 208 valence electrons. The summed E-state index contributed by atoms with van der Waals surface area (Å²) in [6.07, 6.45) is 1.88. The van der Waals surface area contributed by atoms with Crippen LogP contribution < -0.4 is 19.3 Å². The summed E-state index contributed by atoms with van der Waals surface area (Å²) in [4.78, 5) is 17.8. The first-order valence-corrected chi connectivity index (χ1v) is 15.0. The molecule has 1 unspecified atom stereocenters. The van der Waals surface area contributed by atoms with E-state index in [2.05, 4.69) is 51.8 Å². The van der Waals surface area contributed by atoms with Gasteiger partial charge in [-0.15, -0.1) is 0 Å². The highest BCUT2D eigenvalue weighted by Gasteiger charge is 2.22. The number of carbonyl (C=O) groups is 1. The van der Waals surface area contributed by atoms with E-state index in [-0.39, 0.29) is 11.5 Å². The topological polar surface area (TPSA) is 79.0 Å². The van der Waals surface area contributed by atoms with E-state index in [1.54, 1.807) is 20.1 Å². The Hall–Kier alpha value is -3.59. The van der Waals surface area contributed by atoms with Gasteiger partial charge in [-0.3, -0.25) is 9.52 Å². The Morgan fingerprint density at radius 3 is 2.28 bits per heavy atom. The zero-order valence-corrected chi connectivity index (χ0v) is 23.7. The summed E-state index contributed by atoms with van der Waals surface area (Å²) < 4.78 is 44.7. The second kappa shape index (κ2) is 12.1. The van der Waals surface area contributed by atoms with Gasteiger partial charge in [-0.25, -0.2) is 12.8 Å². The number of hydrogen-bond acceptors (Lipinski definition) is 6. The van der Waals surface area contributed by atoms with Crippen LogP contribution in [0.15, 0.2) is 60.7 Å². The van der Waals surface area contributed by atoms with Gasteiger partial charge in [0.1, 0.15) is 17.3 Å². The highest BCUT2D eigenvalue weighted by Crippen LogP contribution is 2.29. The zero-order chi connectivity index (χ0) is 28.2. The lowest BCUT2D eigenvalue weighted by atomic mass is 9.92. The Morgan fingerprint density at radius 2 is 1.67 bits per heavy atom. The van der Waals surface area contributed by atoms with Gasteiger partial charge in [0.25, 0.3) is 0 Å². The van der Waals surface area contributed by atoms with Crippen LogP contribution in [0.5, 0.6) is 5.75 Å². The Balaban J connectivity index is 1.40. The number of methoxy groups -OCH3 is 1. The molecule has 1 saturated heterocycles. The molecule has 3 aromatic rings. The highest BCUT2D eigenvalue weighted by atomic mass is 32.2. The molecule has 4 rings (SSSR count). The lowest BCUT2D eigenvalue weighted by Gasteiger charge is -2.38. The first-order valence-electron chi connectivity index (χ1n) is 13.1. The molecule has 9 heteroatoms. The van der Waals surface area contributed by atoms with E-state index >= 15 is 0 Å². The van der Waals surface area contributed by atoms with Crippen LogP contribution in [0, 0.1) is 12.7 Å². The Kier molecular flexibility index (Phi) is 8.80. The van der Waals surface area contributed by atoms with Gasteiger partial charge in [0.15, 0.2) is 0 Å². The minimum Gasteiger partial charge on any atom is -0.497 e. The molecule has 1 fully saturated rings. The number of ether oxygens (including phenoxy) is 1.